The molecule has 0 aromatic rings. The lowest BCUT2D eigenvalue weighted by Crippen LogP contribution is -2.39. The van der Waals surface area contributed by atoms with Crippen LogP contribution >= 0.6 is 0 Å². The van der Waals surface area contributed by atoms with E-state index in [1.165, 1.54) is 32.4 Å². The minimum atomic E-state index is -2.78. The first-order valence-corrected chi connectivity index (χ1v) is 9.52. The van der Waals surface area contributed by atoms with Crippen molar-refractivity contribution in [1.29, 1.82) is 0 Å². The van der Waals surface area contributed by atoms with E-state index >= 15 is 0 Å². The van der Waals surface area contributed by atoms with Crippen LogP contribution in [-0.2, 0) is 9.84 Å². The highest BCUT2D eigenvalue weighted by Gasteiger charge is 2.16. The van der Waals surface area contributed by atoms with Gasteiger partial charge in [0.25, 0.3) is 0 Å². The van der Waals surface area contributed by atoms with Crippen molar-refractivity contribution in [2.24, 2.45) is 0 Å². The number of nitrogens with zero attached hydrogens (tertiary/aromatic N) is 1. The van der Waals surface area contributed by atoms with E-state index < -0.39 is 9.84 Å². The Kier molecular flexibility index (Phi) is 7.95. The average molecular weight is 290 g/mol. The summed E-state index contributed by atoms with van der Waals surface area (Å²) in [6.07, 6.45) is 5.94. The number of piperidine rings is 1. The largest absolute Gasteiger partial charge is 0.317 e. The Labute approximate surface area is 118 Å². The summed E-state index contributed by atoms with van der Waals surface area (Å²) in [5.41, 5.74) is 0. The number of sulfone groups is 1. The molecule has 19 heavy (non-hydrogen) atoms. The molecular formula is C14H30N2O2S. The van der Waals surface area contributed by atoms with Crippen LogP contribution in [0.4, 0.5) is 0 Å². The van der Waals surface area contributed by atoms with Crippen molar-refractivity contribution in [1.82, 2.24) is 10.2 Å². The van der Waals surface area contributed by atoms with Crippen molar-refractivity contribution in [2.45, 2.75) is 52.0 Å². The van der Waals surface area contributed by atoms with Crippen LogP contribution in [0.25, 0.3) is 0 Å². The van der Waals surface area contributed by atoms with Gasteiger partial charge in [0, 0.05) is 11.8 Å². The summed E-state index contributed by atoms with van der Waals surface area (Å²) in [6.45, 7) is 8.26. The van der Waals surface area contributed by atoms with E-state index in [4.69, 9.17) is 0 Å². The van der Waals surface area contributed by atoms with Crippen molar-refractivity contribution in [3.05, 3.63) is 0 Å². The van der Waals surface area contributed by atoms with Crippen LogP contribution in [0, 0.1) is 0 Å². The molecule has 4 nitrogen and oxygen atoms in total. The zero-order chi connectivity index (χ0) is 14.1. The van der Waals surface area contributed by atoms with Gasteiger partial charge >= 0.3 is 0 Å². The molecule has 0 radical (unpaired) electrons. The zero-order valence-electron chi connectivity index (χ0n) is 12.5. The Hall–Kier alpha value is -0.130. The fraction of sp³-hybridized carbons (Fsp3) is 1.00. The van der Waals surface area contributed by atoms with Crippen LogP contribution in [0.2, 0.25) is 0 Å². The van der Waals surface area contributed by atoms with Gasteiger partial charge in [0.05, 0.1) is 5.75 Å². The number of likely N-dealkylation sites (tertiary alicyclic amines) is 1. The number of hydrogen-bond donors (Lipinski definition) is 1. The Morgan fingerprint density at radius 1 is 1.21 bits per heavy atom. The molecule has 0 aromatic heterocycles. The molecule has 1 aliphatic rings. The third kappa shape index (κ3) is 7.28. The third-order valence-electron chi connectivity index (χ3n) is 3.99. The Bertz CT molecular complexity index is 330. The normalized spacial score (nSPS) is 21.7. The number of rotatable bonds is 9. The Balaban J connectivity index is 1.96. The van der Waals surface area contributed by atoms with Crippen LogP contribution in [0.3, 0.4) is 0 Å². The quantitative estimate of drug-likeness (QED) is 0.656. The predicted molar refractivity (Wildman–Crippen MR) is 81.3 cm³/mol. The van der Waals surface area contributed by atoms with Gasteiger partial charge in [-0.25, -0.2) is 8.42 Å². The lowest BCUT2D eigenvalue weighted by atomic mass is 10.0. The average Bonchev–Trinajstić information content (AvgIpc) is 2.39. The van der Waals surface area contributed by atoms with Crippen LogP contribution < -0.4 is 5.32 Å². The van der Waals surface area contributed by atoms with Gasteiger partial charge in [-0.2, -0.15) is 0 Å². The first-order valence-electron chi connectivity index (χ1n) is 7.70. The van der Waals surface area contributed by atoms with Crippen molar-refractivity contribution in [3.8, 4) is 0 Å². The lowest BCUT2D eigenvalue weighted by Gasteiger charge is -2.33. The fourth-order valence-electron chi connectivity index (χ4n) is 2.58. The monoisotopic (exact) mass is 290 g/mol. The van der Waals surface area contributed by atoms with Gasteiger partial charge < -0.3 is 10.2 Å². The molecule has 5 heteroatoms. The van der Waals surface area contributed by atoms with Crippen LogP contribution in [0.1, 0.15) is 46.0 Å². The van der Waals surface area contributed by atoms with E-state index in [1.54, 1.807) is 6.92 Å². The Morgan fingerprint density at radius 2 is 1.95 bits per heavy atom. The summed E-state index contributed by atoms with van der Waals surface area (Å²) < 4.78 is 22.6. The lowest BCUT2D eigenvalue weighted by molar-refractivity contribution is 0.159. The second-order valence-corrected chi connectivity index (χ2v) is 8.05. The summed E-state index contributed by atoms with van der Waals surface area (Å²) in [5.74, 6) is 0.583. The molecule has 0 saturated carbocycles. The van der Waals surface area contributed by atoms with E-state index in [2.05, 4.69) is 17.1 Å². The van der Waals surface area contributed by atoms with E-state index in [0.717, 1.165) is 32.0 Å². The molecule has 0 spiro atoms. The van der Waals surface area contributed by atoms with Crippen molar-refractivity contribution in [2.75, 3.05) is 37.7 Å². The summed E-state index contributed by atoms with van der Waals surface area (Å²) in [5, 5.41) is 3.35. The fourth-order valence-corrected chi connectivity index (χ4v) is 3.46. The highest BCUT2D eigenvalue weighted by Crippen LogP contribution is 2.15. The SMILES string of the molecule is CCS(=O)(=O)CCCNCCCN1CCCCC1C. The highest BCUT2D eigenvalue weighted by molar-refractivity contribution is 7.91. The molecule has 0 amide bonds. The summed E-state index contributed by atoms with van der Waals surface area (Å²) in [4.78, 5) is 2.58. The third-order valence-corrected chi connectivity index (χ3v) is 5.78. The highest BCUT2D eigenvalue weighted by atomic mass is 32.2. The topological polar surface area (TPSA) is 49.4 Å². The number of hydrogen-bond acceptors (Lipinski definition) is 4. The summed E-state index contributed by atoms with van der Waals surface area (Å²) >= 11 is 0. The van der Waals surface area contributed by atoms with Gasteiger partial charge in [-0.1, -0.05) is 13.3 Å². The molecule has 1 aliphatic heterocycles. The van der Waals surface area contributed by atoms with Gasteiger partial charge in [-0.3, -0.25) is 0 Å². The second-order valence-electron chi connectivity index (χ2n) is 5.57. The molecule has 1 unspecified atom stereocenters. The van der Waals surface area contributed by atoms with E-state index in [1.807, 2.05) is 0 Å². The summed E-state index contributed by atoms with van der Waals surface area (Å²) in [6, 6.07) is 0.739. The molecule has 114 valence electrons. The Morgan fingerprint density at radius 3 is 2.63 bits per heavy atom. The van der Waals surface area contributed by atoms with Crippen molar-refractivity contribution >= 4 is 9.84 Å². The standard InChI is InChI=1S/C14H30N2O2S/c1-3-19(17,18)13-7-10-15-9-6-12-16-11-5-4-8-14(16)2/h14-15H,3-13H2,1-2H3. The molecule has 0 aromatic carbocycles. The molecule has 1 saturated heterocycles. The van der Waals surface area contributed by atoms with Crippen LogP contribution in [0.15, 0.2) is 0 Å². The molecule has 1 N–H and O–H groups in total. The number of nitrogens with one attached hydrogen (secondary N) is 1. The smallest absolute Gasteiger partial charge is 0.150 e. The molecule has 0 bridgehead atoms. The van der Waals surface area contributed by atoms with Gasteiger partial charge in [-0.15, -0.1) is 0 Å². The van der Waals surface area contributed by atoms with E-state index in [-0.39, 0.29) is 5.75 Å². The van der Waals surface area contributed by atoms with Gasteiger partial charge in [0.1, 0.15) is 9.84 Å². The minimum Gasteiger partial charge on any atom is -0.317 e. The molecule has 1 atom stereocenters. The second kappa shape index (κ2) is 8.93. The molecule has 1 rings (SSSR count). The van der Waals surface area contributed by atoms with E-state index in [9.17, 15) is 8.42 Å². The predicted octanol–water partition coefficient (Wildman–Crippen LogP) is 1.67. The molecule has 1 heterocycles. The van der Waals surface area contributed by atoms with Crippen LogP contribution in [0.5, 0.6) is 0 Å². The van der Waals surface area contributed by atoms with Gasteiger partial charge in [-0.05, 0) is 58.8 Å². The first kappa shape index (κ1) is 16.9. The van der Waals surface area contributed by atoms with Gasteiger partial charge in [0.2, 0.25) is 0 Å². The summed E-state index contributed by atoms with van der Waals surface area (Å²) in [7, 11) is -2.78. The maximum Gasteiger partial charge on any atom is 0.150 e. The van der Waals surface area contributed by atoms with Crippen LogP contribution in [-0.4, -0.2) is 57.0 Å². The molecule has 0 aliphatic carbocycles. The zero-order valence-corrected chi connectivity index (χ0v) is 13.3. The minimum absolute atomic E-state index is 0.264. The maximum atomic E-state index is 11.3. The maximum absolute atomic E-state index is 11.3. The van der Waals surface area contributed by atoms with E-state index in [0.29, 0.717) is 5.75 Å². The first-order chi connectivity index (χ1) is 9.05. The molecular weight excluding hydrogens is 260 g/mol. The van der Waals surface area contributed by atoms with Gasteiger partial charge in [0.15, 0.2) is 0 Å². The molecule has 1 fully saturated rings. The van der Waals surface area contributed by atoms with Crippen molar-refractivity contribution in [3.63, 3.8) is 0 Å². The van der Waals surface area contributed by atoms with Crippen molar-refractivity contribution < 1.29 is 8.42 Å².